The second-order valence-corrected chi connectivity index (χ2v) is 7.12. The molecule has 0 saturated carbocycles. The highest BCUT2D eigenvalue weighted by Gasteiger charge is 2.20. The average Bonchev–Trinajstić information content (AvgIpc) is 2.86. The molecule has 0 aromatic carbocycles. The van der Waals surface area contributed by atoms with Crippen LogP contribution in [-0.2, 0) is 18.4 Å². The minimum absolute atomic E-state index is 0.333. The number of nitrogens with zero attached hydrogens (tertiary/aromatic N) is 5. The van der Waals surface area contributed by atoms with Gasteiger partial charge in [0.15, 0.2) is 0 Å². The van der Waals surface area contributed by atoms with Crippen LogP contribution >= 0.6 is 0 Å². The van der Waals surface area contributed by atoms with Gasteiger partial charge in [-0.2, -0.15) is 0 Å². The van der Waals surface area contributed by atoms with E-state index in [-0.39, 0.29) is 0 Å². The molecule has 0 radical (unpaired) electrons. The summed E-state index contributed by atoms with van der Waals surface area (Å²) >= 11 is 0. The molecule has 0 bridgehead atoms. The number of carbonyl (C=O) groups excluding carboxylic acids is 1. The van der Waals surface area contributed by atoms with Gasteiger partial charge in [0.25, 0.3) is 0 Å². The summed E-state index contributed by atoms with van der Waals surface area (Å²) in [5.74, 6) is 1.43. The quantitative estimate of drug-likeness (QED) is 0.815. The molecule has 0 N–H and O–H groups in total. The number of rotatable bonds is 5. The van der Waals surface area contributed by atoms with Crippen LogP contribution in [0.2, 0.25) is 0 Å². The zero-order valence-electron chi connectivity index (χ0n) is 15.0. The fourth-order valence-electron chi connectivity index (χ4n) is 3.72. The Hall–Kier alpha value is -1.40. The Balaban J connectivity index is 1.42. The molecule has 0 unspecified atom stereocenters. The fraction of sp³-hybridized carbons (Fsp3) is 0.778. The van der Waals surface area contributed by atoms with E-state index in [0.29, 0.717) is 12.3 Å². The van der Waals surface area contributed by atoms with E-state index in [1.54, 1.807) is 0 Å². The van der Waals surface area contributed by atoms with Crippen LogP contribution in [0.1, 0.15) is 37.9 Å². The molecule has 134 valence electrons. The van der Waals surface area contributed by atoms with E-state index in [1.165, 1.54) is 32.4 Å². The minimum atomic E-state index is 0.333. The first kappa shape index (κ1) is 17.4. The van der Waals surface area contributed by atoms with Gasteiger partial charge in [-0.15, -0.1) is 0 Å². The van der Waals surface area contributed by atoms with Crippen LogP contribution in [0.3, 0.4) is 0 Å². The van der Waals surface area contributed by atoms with Crippen LogP contribution in [0.5, 0.6) is 0 Å². The number of aryl methyl sites for hydroxylation is 1. The van der Waals surface area contributed by atoms with Gasteiger partial charge in [-0.3, -0.25) is 9.69 Å². The molecule has 3 rings (SSSR count). The third-order valence-corrected chi connectivity index (χ3v) is 5.32. The summed E-state index contributed by atoms with van der Waals surface area (Å²) in [7, 11) is 2.04. The lowest BCUT2D eigenvalue weighted by Gasteiger charge is -2.27. The fourth-order valence-corrected chi connectivity index (χ4v) is 3.72. The molecule has 6 nitrogen and oxygen atoms in total. The first-order valence-electron chi connectivity index (χ1n) is 9.41. The number of piperidine rings is 1. The third-order valence-electron chi connectivity index (χ3n) is 5.32. The van der Waals surface area contributed by atoms with E-state index < -0.39 is 0 Å². The zero-order chi connectivity index (χ0) is 16.8. The molecule has 1 aromatic heterocycles. The Bertz CT molecular complexity index is 523. The van der Waals surface area contributed by atoms with Gasteiger partial charge in [0.1, 0.15) is 5.82 Å². The Kier molecular flexibility index (Phi) is 6.26. The molecule has 0 atom stereocenters. The van der Waals surface area contributed by atoms with Crippen molar-refractivity contribution >= 4 is 5.91 Å². The van der Waals surface area contributed by atoms with Crippen molar-refractivity contribution in [3.8, 4) is 0 Å². The van der Waals surface area contributed by atoms with Crippen LogP contribution in [-0.4, -0.2) is 76.0 Å². The van der Waals surface area contributed by atoms with E-state index in [2.05, 4.69) is 24.3 Å². The highest BCUT2D eigenvalue weighted by atomic mass is 16.2. The van der Waals surface area contributed by atoms with Crippen molar-refractivity contribution in [1.29, 1.82) is 0 Å². The molecule has 24 heavy (non-hydrogen) atoms. The summed E-state index contributed by atoms with van der Waals surface area (Å²) in [5, 5.41) is 0. The third kappa shape index (κ3) is 4.80. The van der Waals surface area contributed by atoms with Gasteiger partial charge in [-0.05, 0) is 32.4 Å². The van der Waals surface area contributed by atoms with Crippen molar-refractivity contribution in [2.45, 2.75) is 38.6 Å². The van der Waals surface area contributed by atoms with Crippen LogP contribution in [0, 0.1) is 0 Å². The van der Waals surface area contributed by atoms with Crippen molar-refractivity contribution in [2.75, 3.05) is 45.8 Å². The molecular formula is C18H31N5O. The molecule has 2 fully saturated rings. The van der Waals surface area contributed by atoms with Crippen molar-refractivity contribution in [2.24, 2.45) is 7.05 Å². The molecule has 2 aliphatic rings. The first-order chi connectivity index (χ1) is 11.7. The Morgan fingerprint density at radius 3 is 2.54 bits per heavy atom. The molecule has 2 aliphatic heterocycles. The second kappa shape index (κ2) is 8.62. The molecule has 0 spiro atoms. The SMILES string of the molecule is Cn1ccnc1CN1CCCN(C(=O)CCN2CCCCC2)CC1. The maximum absolute atomic E-state index is 12.5. The predicted octanol–water partition coefficient (Wildman–Crippen LogP) is 1.33. The molecule has 1 amide bonds. The minimum Gasteiger partial charge on any atom is -0.341 e. The number of imidazole rings is 1. The van der Waals surface area contributed by atoms with Crippen LogP contribution in [0.4, 0.5) is 0 Å². The highest BCUT2D eigenvalue weighted by molar-refractivity contribution is 5.76. The van der Waals surface area contributed by atoms with Crippen molar-refractivity contribution in [1.82, 2.24) is 24.3 Å². The number of likely N-dealkylation sites (tertiary alicyclic amines) is 1. The lowest BCUT2D eigenvalue weighted by Crippen LogP contribution is -2.38. The highest BCUT2D eigenvalue weighted by Crippen LogP contribution is 2.11. The maximum Gasteiger partial charge on any atom is 0.223 e. The van der Waals surface area contributed by atoms with Crippen LogP contribution < -0.4 is 0 Å². The van der Waals surface area contributed by atoms with Gasteiger partial charge in [0.05, 0.1) is 6.54 Å². The number of hydrogen-bond donors (Lipinski definition) is 0. The summed E-state index contributed by atoms with van der Waals surface area (Å²) in [4.78, 5) is 23.9. The molecule has 6 heteroatoms. The number of aromatic nitrogens is 2. The van der Waals surface area contributed by atoms with E-state index >= 15 is 0 Å². The average molecular weight is 333 g/mol. The normalized spacial score (nSPS) is 21.0. The molecule has 3 heterocycles. The second-order valence-electron chi connectivity index (χ2n) is 7.12. The summed E-state index contributed by atoms with van der Waals surface area (Å²) < 4.78 is 2.08. The monoisotopic (exact) mass is 333 g/mol. The van der Waals surface area contributed by atoms with Gasteiger partial charge in [0, 0.05) is 58.6 Å². The van der Waals surface area contributed by atoms with Gasteiger partial charge < -0.3 is 14.4 Å². The van der Waals surface area contributed by atoms with Crippen LogP contribution in [0.25, 0.3) is 0 Å². The van der Waals surface area contributed by atoms with Crippen molar-refractivity contribution in [3.63, 3.8) is 0 Å². The number of hydrogen-bond acceptors (Lipinski definition) is 4. The van der Waals surface area contributed by atoms with Gasteiger partial charge in [0.2, 0.25) is 5.91 Å². The zero-order valence-corrected chi connectivity index (χ0v) is 15.0. The van der Waals surface area contributed by atoms with E-state index in [9.17, 15) is 4.79 Å². The van der Waals surface area contributed by atoms with Crippen molar-refractivity contribution in [3.05, 3.63) is 18.2 Å². The van der Waals surface area contributed by atoms with Crippen LogP contribution in [0.15, 0.2) is 12.4 Å². The van der Waals surface area contributed by atoms with Gasteiger partial charge in [-0.1, -0.05) is 6.42 Å². The lowest BCUT2D eigenvalue weighted by molar-refractivity contribution is -0.131. The molecular weight excluding hydrogens is 302 g/mol. The standard InChI is InChI=1S/C18H31N5O/c1-20-13-7-19-17(20)16-22-10-5-11-23(15-14-22)18(24)6-12-21-8-3-2-4-9-21/h7,13H,2-6,8-12,14-16H2,1H3. The Labute approximate surface area is 145 Å². The van der Waals surface area contributed by atoms with Gasteiger partial charge in [-0.25, -0.2) is 4.98 Å². The summed E-state index contributed by atoms with van der Waals surface area (Å²) in [6, 6.07) is 0. The van der Waals surface area contributed by atoms with Crippen molar-refractivity contribution < 1.29 is 4.79 Å². The largest absolute Gasteiger partial charge is 0.341 e. The molecule has 0 aliphatic carbocycles. The number of carbonyl (C=O) groups is 1. The lowest BCUT2D eigenvalue weighted by atomic mass is 10.1. The Morgan fingerprint density at radius 2 is 1.79 bits per heavy atom. The molecule has 1 aromatic rings. The summed E-state index contributed by atoms with van der Waals surface area (Å²) in [5.41, 5.74) is 0. The van der Waals surface area contributed by atoms with E-state index in [4.69, 9.17) is 0 Å². The smallest absolute Gasteiger partial charge is 0.223 e. The van der Waals surface area contributed by atoms with E-state index in [1.807, 2.05) is 19.4 Å². The molecule has 2 saturated heterocycles. The predicted molar refractivity (Wildman–Crippen MR) is 94.6 cm³/mol. The Morgan fingerprint density at radius 1 is 1.00 bits per heavy atom. The topological polar surface area (TPSA) is 44.6 Å². The summed E-state index contributed by atoms with van der Waals surface area (Å²) in [6.07, 6.45) is 9.51. The summed E-state index contributed by atoms with van der Waals surface area (Å²) in [6.45, 7) is 7.89. The maximum atomic E-state index is 12.5. The number of amides is 1. The first-order valence-corrected chi connectivity index (χ1v) is 9.41. The van der Waals surface area contributed by atoms with E-state index in [0.717, 1.165) is 51.5 Å². The van der Waals surface area contributed by atoms with Gasteiger partial charge >= 0.3 is 0 Å².